The minimum Gasteiger partial charge on any atom is -0.480 e. The number of carboxylic acid groups (broad SMARTS) is 1. The highest BCUT2D eigenvalue weighted by molar-refractivity contribution is 6.30. The van der Waals surface area contributed by atoms with Gasteiger partial charge in [-0.25, -0.2) is 0 Å². The van der Waals surface area contributed by atoms with E-state index in [2.05, 4.69) is 0 Å². The number of hydrogen-bond acceptors (Lipinski definition) is 4. The molecule has 7 heteroatoms. The standard InChI is InChI=1S/C14H17ClN2O4/c15-11-2-1-3-12(8-11)17(10-14(19)20)9-13(18)16-4-6-21-7-5-16/h1-3,8H,4-7,9-10H2,(H,19,20). The number of halogens is 1. The highest BCUT2D eigenvalue weighted by Crippen LogP contribution is 2.19. The lowest BCUT2D eigenvalue weighted by Gasteiger charge is -2.30. The fourth-order valence-corrected chi connectivity index (χ4v) is 2.34. The lowest BCUT2D eigenvalue weighted by molar-refractivity contribution is -0.135. The monoisotopic (exact) mass is 312 g/mol. The summed E-state index contributed by atoms with van der Waals surface area (Å²) < 4.78 is 5.20. The van der Waals surface area contributed by atoms with E-state index in [-0.39, 0.29) is 19.0 Å². The first kappa shape index (κ1) is 15.6. The molecule has 1 N–H and O–H groups in total. The molecule has 2 rings (SSSR count). The van der Waals surface area contributed by atoms with E-state index in [0.717, 1.165) is 0 Å². The highest BCUT2D eigenvalue weighted by atomic mass is 35.5. The normalized spacial score (nSPS) is 14.8. The van der Waals surface area contributed by atoms with Gasteiger partial charge >= 0.3 is 5.97 Å². The van der Waals surface area contributed by atoms with E-state index in [9.17, 15) is 9.59 Å². The van der Waals surface area contributed by atoms with Crippen LogP contribution in [-0.2, 0) is 14.3 Å². The Labute approximate surface area is 127 Å². The number of benzene rings is 1. The van der Waals surface area contributed by atoms with Crippen LogP contribution in [0.25, 0.3) is 0 Å². The smallest absolute Gasteiger partial charge is 0.323 e. The maximum atomic E-state index is 12.3. The van der Waals surface area contributed by atoms with Crippen LogP contribution >= 0.6 is 11.6 Å². The molecular formula is C14H17ClN2O4. The van der Waals surface area contributed by atoms with Crippen LogP contribution in [0.4, 0.5) is 5.69 Å². The van der Waals surface area contributed by atoms with Crippen LogP contribution in [-0.4, -0.2) is 61.3 Å². The number of amides is 1. The molecule has 1 saturated heterocycles. The summed E-state index contributed by atoms with van der Waals surface area (Å²) in [6.45, 7) is 1.86. The first-order chi connectivity index (χ1) is 10.1. The maximum absolute atomic E-state index is 12.3. The molecule has 114 valence electrons. The largest absolute Gasteiger partial charge is 0.480 e. The van der Waals surface area contributed by atoms with E-state index in [1.165, 1.54) is 4.90 Å². The second-order valence-electron chi connectivity index (χ2n) is 4.72. The zero-order chi connectivity index (χ0) is 15.2. The number of hydrogen-bond donors (Lipinski definition) is 1. The summed E-state index contributed by atoms with van der Waals surface area (Å²) in [6, 6.07) is 6.82. The number of rotatable bonds is 5. The third-order valence-electron chi connectivity index (χ3n) is 3.19. The molecule has 21 heavy (non-hydrogen) atoms. The molecule has 0 unspecified atom stereocenters. The molecule has 0 aliphatic carbocycles. The van der Waals surface area contributed by atoms with Crippen molar-refractivity contribution in [3.8, 4) is 0 Å². The number of carboxylic acids is 1. The van der Waals surface area contributed by atoms with Gasteiger partial charge in [-0.3, -0.25) is 9.59 Å². The van der Waals surface area contributed by atoms with Gasteiger partial charge in [0.1, 0.15) is 6.54 Å². The second-order valence-corrected chi connectivity index (χ2v) is 5.16. The topological polar surface area (TPSA) is 70.1 Å². The van der Waals surface area contributed by atoms with Gasteiger partial charge in [0.05, 0.1) is 19.8 Å². The van der Waals surface area contributed by atoms with Gasteiger partial charge in [-0.2, -0.15) is 0 Å². The van der Waals surface area contributed by atoms with Crippen molar-refractivity contribution in [3.05, 3.63) is 29.3 Å². The average Bonchev–Trinajstić information content (AvgIpc) is 2.47. The van der Waals surface area contributed by atoms with Gasteiger partial charge in [-0.1, -0.05) is 17.7 Å². The predicted molar refractivity (Wildman–Crippen MR) is 78.7 cm³/mol. The fourth-order valence-electron chi connectivity index (χ4n) is 2.15. The summed E-state index contributed by atoms with van der Waals surface area (Å²) in [5.74, 6) is -1.11. The van der Waals surface area contributed by atoms with E-state index in [1.807, 2.05) is 0 Å². The molecule has 0 spiro atoms. The molecule has 6 nitrogen and oxygen atoms in total. The minimum atomic E-state index is -0.996. The first-order valence-corrected chi connectivity index (χ1v) is 7.02. The molecule has 1 amide bonds. The van der Waals surface area contributed by atoms with Gasteiger partial charge < -0.3 is 19.6 Å². The number of ether oxygens (including phenoxy) is 1. The van der Waals surface area contributed by atoms with Gasteiger partial charge in [0.15, 0.2) is 0 Å². The van der Waals surface area contributed by atoms with Crippen LogP contribution in [0.5, 0.6) is 0 Å². The van der Waals surface area contributed by atoms with Crippen LogP contribution in [0.15, 0.2) is 24.3 Å². The van der Waals surface area contributed by atoms with Crippen molar-refractivity contribution in [2.45, 2.75) is 0 Å². The molecule has 1 aliphatic heterocycles. The Kier molecular flexibility index (Phi) is 5.41. The summed E-state index contributed by atoms with van der Waals surface area (Å²) in [6.07, 6.45) is 0. The van der Waals surface area contributed by atoms with Crippen LogP contribution in [0, 0.1) is 0 Å². The van der Waals surface area contributed by atoms with Crippen LogP contribution in [0.1, 0.15) is 0 Å². The van der Waals surface area contributed by atoms with E-state index in [1.54, 1.807) is 29.2 Å². The van der Waals surface area contributed by atoms with Crippen molar-refractivity contribution in [2.75, 3.05) is 44.3 Å². The van der Waals surface area contributed by atoms with E-state index in [4.69, 9.17) is 21.4 Å². The van der Waals surface area contributed by atoms with Crippen molar-refractivity contribution in [3.63, 3.8) is 0 Å². The van der Waals surface area contributed by atoms with Crippen LogP contribution in [0.3, 0.4) is 0 Å². The van der Waals surface area contributed by atoms with Crippen molar-refractivity contribution in [1.29, 1.82) is 0 Å². The van der Waals surface area contributed by atoms with Crippen molar-refractivity contribution >= 4 is 29.2 Å². The second kappa shape index (κ2) is 7.28. The highest BCUT2D eigenvalue weighted by Gasteiger charge is 2.21. The van der Waals surface area contributed by atoms with E-state index in [0.29, 0.717) is 37.0 Å². The molecule has 0 atom stereocenters. The summed E-state index contributed by atoms with van der Waals surface area (Å²) in [7, 11) is 0. The van der Waals surface area contributed by atoms with Crippen LogP contribution in [0.2, 0.25) is 5.02 Å². The van der Waals surface area contributed by atoms with Gasteiger partial charge in [-0.05, 0) is 18.2 Å². The fraction of sp³-hybridized carbons (Fsp3) is 0.429. The van der Waals surface area contributed by atoms with Crippen molar-refractivity contribution in [1.82, 2.24) is 4.90 Å². The lowest BCUT2D eigenvalue weighted by atomic mass is 10.2. The maximum Gasteiger partial charge on any atom is 0.323 e. The number of morpholine rings is 1. The van der Waals surface area contributed by atoms with Gasteiger partial charge in [0.25, 0.3) is 0 Å². The number of anilines is 1. The molecule has 1 aromatic rings. The quantitative estimate of drug-likeness (QED) is 0.881. The van der Waals surface area contributed by atoms with Crippen LogP contribution < -0.4 is 4.90 Å². The molecular weight excluding hydrogens is 296 g/mol. The van der Waals surface area contributed by atoms with E-state index < -0.39 is 5.97 Å². The van der Waals surface area contributed by atoms with Crippen molar-refractivity contribution in [2.24, 2.45) is 0 Å². The molecule has 0 radical (unpaired) electrons. The summed E-state index contributed by atoms with van der Waals surface area (Å²) in [5, 5.41) is 9.52. The third kappa shape index (κ3) is 4.61. The molecule has 1 heterocycles. The number of carbonyl (C=O) groups excluding carboxylic acids is 1. The number of carbonyl (C=O) groups is 2. The molecule has 1 fully saturated rings. The molecule has 0 aromatic heterocycles. The zero-order valence-electron chi connectivity index (χ0n) is 11.5. The lowest BCUT2D eigenvalue weighted by Crippen LogP contribution is -2.46. The Hall–Kier alpha value is -1.79. The Balaban J connectivity index is 2.08. The summed E-state index contributed by atoms with van der Waals surface area (Å²) in [4.78, 5) is 26.4. The van der Waals surface area contributed by atoms with Crippen molar-refractivity contribution < 1.29 is 19.4 Å². The van der Waals surface area contributed by atoms with Gasteiger partial charge in [-0.15, -0.1) is 0 Å². The van der Waals surface area contributed by atoms with Gasteiger partial charge in [0, 0.05) is 23.8 Å². The SMILES string of the molecule is O=C(O)CN(CC(=O)N1CCOCC1)c1cccc(Cl)c1. The molecule has 0 bridgehead atoms. The molecule has 1 aliphatic rings. The Morgan fingerprint density at radius 2 is 2.00 bits per heavy atom. The summed E-state index contributed by atoms with van der Waals surface area (Å²) >= 11 is 5.92. The Morgan fingerprint density at radius 1 is 1.29 bits per heavy atom. The minimum absolute atomic E-state index is 0.00659. The Bertz CT molecular complexity index is 517. The number of aliphatic carboxylic acids is 1. The average molecular weight is 313 g/mol. The van der Waals surface area contributed by atoms with Gasteiger partial charge in [0.2, 0.25) is 5.91 Å². The van der Waals surface area contributed by atoms with E-state index >= 15 is 0 Å². The number of nitrogens with zero attached hydrogens (tertiary/aromatic N) is 2. The third-order valence-corrected chi connectivity index (χ3v) is 3.42. The first-order valence-electron chi connectivity index (χ1n) is 6.64. The molecule has 0 saturated carbocycles. The molecule has 1 aromatic carbocycles. The predicted octanol–water partition coefficient (Wildman–Crippen LogP) is 1.09. The summed E-state index contributed by atoms with van der Waals surface area (Å²) in [5.41, 5.74) is 0.617. The Morgan fingerprint density at radius 3 is 2.62 bits per heavy atom. The zero-order valence-corrected chi connectivity index (χ0v) is 12.3.